The lowest BCUT2D eigenvalue weighted by Gasteiger charge is -2.24. The van der Waals surface area contributed by atoms with Gasteiger partial charge in [-0.2, -0.15) is 0 Å². The van der Waals surface area contributed by atoms with Crippen LogP contribution < -0.4 is 33.2 Å². The van der Waals surface area contributed by atoms with Crippen molar-refractivity contribution in [3.8, 4) is 5.75 Å². The van der Waals surface area contributed by atoms with Gasteiger partial charge in [-0.15, -0.1) is 0 Å². The van der Waals surface area contributed by atoms with Crippen LogP contribution in [0.2, 0.25) is 0 Å². The highest BCUT2D eigenvalue weighted by molar-refractivity contribution is 5.94. The van der Waals surface area contributed by atoms with Crippen LogP contribution in [0.1, 0.15) is 18.4 Å². The average molecular weight is 512 g/mol. The number of carboxylic acids is 1. The van der Waals surface area contributed by atoms with Gasteiger partial charge >= 0.3 is 5.97 Å². The van der Waals surface area contributed by atoms with Gasteiger partial charge in [0, 0.05) is 13.0 Å². The number of nitrogens with two attached hydrogens (primary N) is 3. The van der Waals surface area contributed by atoms with E-state index in [0.717, 1.165) is 0 Å². The van der Waals surface area contributed by atoms with Crippen molar-refractivity contribution in [1.29, 1.82) is 0 Å². The summed E-state index contributed by atoms with van der Waals surface area (Å²) in [6.45, 7) is -1.40. The minimum absolute atomic E-state index is 0.00784. The van der Waals surface area contributed by atoms with Gasteiger partial charge in [0.15, 0.2) is 5.96 Å². The highest BCUT2D eigenvalue weighted by Crippen LogP contribution is 2.12. The molecule has 0 aliphatic heterocycles. The minimum atomic E-state index is -1.50. The molecule has 1 aromatic rings. The number of nitrogens with one attached hydrogen (secondary N) is 3. The van der Waals surface area contributed by atoms with Crippen LogP contribution in [0.15, 0.2) is 29.3 Å². The van der Waals surface area contributed by atoms with Gasteiger partial charge in [0.05, 0.1) is 13.2 Å². The fourth-order valence-corrected chi connectivity index (χ4v) is 2.94. The van der Waals surface area contributed by atoms with E-state index in [-0.39, 0.29) is 37.5 Å². The molecule has 0 fully saturated rings. The number of rotatable bonds is 15. The number of phenols is 1. The van der Waals surface area contributed by atoms with Crippen LogP contribution in [0, 0.1) is 0 Å². The van der Waals surface area contributed by atoms with Crippen molar-refractivity contribution >= 4 is 29.7 Å². The van der Waals surface area contributed by atoms with Crippen molar-refractivity contribution < 1.29 is 39.6 Å². The summed E-state index contributed by atoms with van der Waals surface area (Å²) in [6.07, 6.45) is 0.125. The predicted octanol–water partition coefficient (Wildman–Crippen LogP) is -4.16. The van der Waals surface area contributed by atoms with E-state index in [9.17, 15) is 34.5 Å². The van der Waals surface area contributed by atoms with Crippen LogP contribution in [0.4, 0.5) is 0 Å². The van der Waals surface area contributed by atoms with Crippen LogP contribution in [-0.2, 0) is 25.6 Å². The molecule has 0 aromatic heterocycles. The number of carboxylic acid groups (broad SMARTS) is 1. The normalized spacial score (nSPS) is 14.0. The number of carbonyl (C=O) groups excluding carboxylic acids is 3. The van der Waals surface area contributed by atoms with Gasteiger partial charge in [-0.05, 0) is 30.5 Å². The molecule has 0 radical (unpaired) electrons. The number of amides is 3. The summed E-state index contributed by atoms with van der Waals surface area (Å²) in [5, 5.41) is 44.4. The molecule has 200 valence electrons. The van der Waals surface area contributed by atoms with Crippen LogP contribution >= 0.6 is 0 Å². The third-order valence-electron chi connectivity index (χ3n) is 4.92. The fraction of sp³-hybridized carbons (Fsp3) is 0.476. The van der Waals surface area contributed by atoms with Gasteiger partial charge in [-0.25, -0.2) is 4.79 Å². The van der Waals surface area contributed by atoms with E-state index >= 15 is 0 Å². The Hall–Kier alpha value is -3.95. The first-order chi connectivity index (χ1) is 17.0. The van der Waals surface area contributed by atoms with Crippen LogP contribution in [0.25, 0.3) is 0 Å². The lowest BCUT2D eigenvalue weighted by atomic mass is 10.0. The van der Waals surface area contributed by atoms with Gasteiger partial charge in [-0.3, -0.25) is 19.4 Å². The van der Waals surface area contributed by atoms with Gasteiger partial charge in [-0.1, -0.05) is 12.1 Å². The van der Waals surface area contributed by atoms with Gasteiger partial charge in [0.1, 0.15) is 29.9 Å². The van der Waals surface area contributed by atoms with Gasteiger partial charge in [0.25, 0.3) is 0 Å². The molecule has 0 spiro atoms. The van der Waals surface area contributed by atoms with Gasteiger partial charge in [0.2, 0.25) is 17.7 Å². The molecule has 15 heteroatoms. The predicted molar refractivity (Wildman–Crippen MR) is 127 cm³/mol. The second-order valence-electron chi connectivity index (χ2n) is 7.81. The zero-order valence-corrected chi connectivity index (χ0v) is 19.5. The molecule has 15 nitrogen and oxygen atoms in total. The average Bonchev–Trinajstić information content (AvgIpc) is 2.83. The summed E-state index contributed by atoms with van der Waals surface area (Å²) in [4.78, 5) is 53.0. The second kappa shape index (κ2) is 15.1. The number of phenolic OH excluding ortho intramolecular Hbond substituents is 1. The van der Waals surface area contributed by atoms with E-state index in [1.165, 1.54) is 24.3 Å². The Morgan fingerprint density at radius 2 is 1.42 bits per heavy atom. The molecule has 1 aromatic carbocycles. The zero-order chi connectivity index (χ0) is 27.3. The first-order valence-corrected chi connectivity index (χ1v) is 10.9. The van der Waals surface area contributed by atoms with Crippen LogP contribution in [-0.4, -0.2) is 94.0 Å². The molecule has 0 aliphatic carbocycles. The van der Waals surface area contributed by atoms with Gasteiger partial charge < -0.3 is 53.6 Å². The van der Waals surface area contributed by atoms with Crippen molar-refractivity contribution in [3.63, 3.8) is 0 Å². The highest BCUT2D eigenvalue weighted by atomic mass is 16.4. The molecule has 13 N–H and O–H groups in total. The zero-order valence-electron chi connectivity index (χ0n) is 19.5. The second-order valence-corrected chi connectivity index (χ2v) is 7.81. The maximum Gasteiger partial charge on any atom is 0.326 e. The summed E-state index contributed by atoms with van der Waals surface area (Å²) >= 11 is 0. The Labute approximate surface area is 206 Å². The maximum absolute atomic E-state index is 13.0. The number of hydrogen-bond acceptors (Lipinski definition) is 9. The van der Waals surface area contributed by atoms with Crippen LogP contribution in [0.3, 0.4) is 0 Å². The molecule has 4 unspecified atom stereocenters. The number of aliphatic carboxylic acids is 1. The molecular weight excluding hydrogens is 478 g/mol. The van der Waals surface area contributed by atoms with Crippen molar-refractivity contribution in [2.45, 2.75) is 43.4 Å². The third-order valence-corrected chi connectivity index (χ3v) is 4.92. The van der Waals surface area contributed by atoms with E-state index in [4.69, 9.17) is 22.3 Å². The Bertz CT molecular complexity index is 921. The van der Waals surface area contributed by atoms with Crippen molar-refractivity contribution in [2.75, 3.05) is 19.8 Å². The number of aliphatic hydroxyl groups excluding tert-OH is 2. The number of benzene rings is 1. The quantitative estimate of drug-likeness (QED) is 0.0612. The standard InChI is InChI=1S/C21H33N7O8/c22-13(9-29)17(32)28-16(10-30)19(34)27-15(8-11-3-5-12(31)6-4-11)18(33)26-14(20(35)36)2-1-7-25-21(23)24/h3-6,13-16,29-31H,1-2,7-10,22H2,(H,26,33)(H,27,34)(H,28,32)(H,35,36)(H4,23,24,25). The summed E-state index contributed by atoms with van der Waals surface area (Å²) in [5.41, 5.74) is 16.4. The summed E-state index contributed by atoms with van der Waals surface area (Å²) in [7, 11) is 0. The van der Waals surface area contributed by atoms with E-state index in [0.29, 0.717) is 5.56 Å². The molecule has 0 saturated heterocycles. The number of aromatic hydroxyl groups is 1. The fourth-order valence-electron chi connectivity index (χ4n) is 2.94. The molecule has 3 amide bonds. The number of aliphatic imine (C=N–C) groups is 1. The molecule has 0 heterocycles. The van der Waals surface area contributed by atoms with Crippen LogP contribution in [0.5, 0.6) is 5.75 Å². The molecule has 36 heavy (non-hydrogen) atoms. The number of nitrogens with zero attached hydrogens (tertiary/aromatic N) is 1. The van der Waals surface area contributed by atoms with E-state index in [1.54, 1.807) is 0 Å². The third kappa shape index (κ3) is 10.5. The molecule has 0 aliphatic rings. The van der Waals surface area contributed by atoms with E-state index in [2.05, 4.69) is 20.9 Å². The summed E-state index contributed by atoms with van der Waals surface area (Å²) in [5.74, 6) is -4.21. The molecule has 1 rings (SSSR count). The Kier molecular flexibility index (Phi) is 12.6. The van der Waals surface area contributed by atoms with E-state index in [1.807, 2.05) is 0 Å². The highest BCUT2D eigenvalue weighted by Gasteiger charge is 2.30. The molecule has 4 atom stereocenters. The first-order valence-electron chi connectivity index (χ1n) is 10.9. The number of hydrogen-bond donors (Lipinski definition) is 10. The SMILES string of the molecule is NC(N)=NCCCC(NC(=O)C(Cc1ccc(O)cc1)NC(=O)C(CO)NC(=O)C(N)CO)C(=O)O. The Morgan fingerprint density at radius 1 is 0.861 bits per heavy atom. The largest absolute Gasteiger partial charge is 0.508 e. The van der Waals surface area contributed by atoms with E-state index < -0.39 is 61.1 Å². The first kappa shape index (κ1) is 30.1. The number of aliphatic hydroxyl groups is 2. The Morgan fingerprint density at radius 3 is 1.94 bits per heavy atom. The lowest BCUT2D eigenvalue weighted by molar-refractivity contribution is -0.142. The summed E-state index contributed by atoms with van der Waals surface area (Å²) < 4.78 is 0. The monoisotopic (exact) mass is 511 g/mol. The topological polar surface area (TPSA) is 276 Å². The molecular formula is C21H33N7O8. The maximum atomic E-state index is 13.0. The van der Waals surface area contributed by atoms with Crippen molar-refractivity contribution in [3.05, 3.63) is 29.8 Å². The number of carbonyl (C=O) groups is 4. The molecule has 0 bridgehead atoms. The molecule has 0 saturated carbocycles. The number of guanidine groups is 1. The van der Waals surface area contributed by atoms with Crippen molar-refractivity contribution in [1.82, 2.24) is 16.0 Å². The Balaban J connectivity index is 3.03. The lowest BCUT2D eigenvalue weighted by Crippen LogP contribution is -2.58. The smallest absolute Gasteiger partial charge is 0.326 e. The summed E-state index contributed by atoms with van der Waals surface area (Å²) in [6, 6.07) is 0.249. The minimum Gasteiger partial charge on any atom is -0.508 e. The van der Waals surface area contributed by atoms with Crippen molar-refractivity contribution in [2.24, 2.45) is 22.2 Å².